The molecule has 1 aliphatic heterocycles. The molecule has 2 heterocycles. The predicted molar refractivity (Wildman–Crippen MR) is 98.5 cm³/mol. The molecular formula is C16H16BrFN2O3S2. The maximum Gasteiger partial charge on any atom is 0.252 e. The van der Waals surface area contributed by atoms with Crippen molar-refractivity contribution < 1.29 is 17.6 Å². The van der Waals surface area contributed by atoms with Gasteiger partial charge in [0, 0.05) is 13.1 Å². The number of sulfonamides is 1. The van der Waals surface area contributed by atoms with Crippen molar-refractivity contribution in [3.05, 3.63) is 46.0 Å². The molecule has 0 radical (unpaired) electrons. The minimum absolute atomic E-state index is 0.0954. The summed E-state index contributed by atoms with van der Waals surface area (Å²) in [6, 6.07) is 9.15. The number of hydrogen-bond acceptors (Lipinski definition) is 4. The van der Waals surface area contributed by atoms with Gasteiger partial charge in [-0.2, -0.15) is 4.31 Å². The third-order valence-electron chi connectivity index (χ3n) is 4.03. The maximum absolute atomic E-state index is 13.7. The van der Waals surface area contributed by atoms with Gasteiger partial charge in [-0.25, -0.2) is 12.8 Å². The van der Waals surface area contributed by atoms with Crippen LogP contribution < -0.4 is 5.32 Å². The van der Waals surface area contributed by atoms with Gasteiger partial charge in [0.2, 0.25) is 5.91 Å². The molecule has 0 aliphatic carbocycles. The van der Waals surface area contributed by atoms with Crippen LogP contribution in [0.5, 0.6) is 0 Å². The van der Waals surface area contributed by atoms with Crippen molar-refractivity contribution in [1.82, 2.24) is 4.31 Å². The smallest absolute Gasteiger partial charge is 0.252 e. The zero-order valence-electron chi connectivity index (χ0n) is 13.1. The van der Waals surface area contributed by atoms with E-state index >= 15 is 0 Å². The van der Waals surface area contributed by atoms with E-state index in [2.05, 4.69) is 21.2 Å². The molecule has 1 amide bonds. The second-order valence-corrected chi connectivity index (χ2v) is 10.4. The van der Waals surface area contributed by atoms with Crippen LogP contribution in [0.2, 0.25) is 0 Å². The molecule has 1 saturated heterocycles. The summed E-state index contributed by atoms with van der Waals surface area (Å²) in [5.41, 5.74) is 0.106. The van der Waals surface area contributed by atoms with Crippen LogP contribution in [-0.4, -0.2) is 31.7 Å². The Morgan fingerprint density at radius 3 is 2.72 bits per heavy atom. The summed E-state index contributed by atoms with van der Waals surface area (Å²) in [7, 11) is -3.62. The van der Waals surface area contributed by atoms with Gasteiger partial charge in [-0.3, -0.25) is 4.79 Å². The first-order valence-electron chi connectivity index (χ1n) is 7.69. The van der Waals surface area contributed by atoms with Crippen LogP contribution in [0.3, 0.4) is 0 Å². The molecule has 1 fully saturated rings. The van der Waals surface area contributed by atoms with E-state index in [1.54, 1.807) is 24.3 Å². The molecule has 1 aliphatic rings. The first-order chi connectivity index (χ1) is 11.9. The van der Waals surface area contributed by atoms with Crippen molar-refractivity contribution >= 4 is 48.9 Å². The lowest BCUT2D eigenvalue weighted by atomic mass is 9.98. The van der Waals surface area contributed by atoms with Crippen LogP contribution in [0.4, 0.5) is 10.1 Å². The molecule has 1 aromatic carbocycles. The van der Waals surface area contributed by atoms with Gasteiger partial charge in [0.05, 0.1) is 15.4 Å². The Kier molecular flexibility index (Phi) is 5.57. The number of rotatable bonds is 4. The molecule has 2 aromatic rings. The summed E-state index contributed by atoms with van der Waals surface area (Å²) in [4.78, 5) is 12.4. The van der Waals surface area contributed by atoms with Crippen molar-refractivity contribution in [3.8, 4) is 0 Å². The van der Waals surface area contributed by atoms with Gasteiger partial charge >= 0.3 is 0 Å². The van der Waals surface area contributed by atoms with Crippen LogP contribution in [0, 0.1) is 11.7 Å². The molecule has 0 spiro atoms. The second-order valence-electron chi connectivity index (χ2n) is 5.73. The minimum Gasteiger partial charge on any atom is -0.323 e. The number of amides is 1. The molecule has 1 N–H and O–H groups in total. The lowest BCUT2D eigenvalue weighted by Crippen LogP contribution is -2.43. The lowest BCUT2D eigenvalue weighted by molar-refractivity contribution is -0.120. The number of carbonyl (C=O) groups excluding carboxylic acids is 1. The van der Waals surface area contributed by atoms with E-state index in [0.717, 1.165) is 15.1 Å². The fraction of sp³-hybridized carbons (Fsp3) is 0.312. The van der Waals surface area contributed by atoms with Crippen molar-refractivity contribution in [2.24, 2.45) is 5.92 Å². The molecule has 5 nitrogen and oxygen atoms in total. The Morgan fingerprint density at radius 2 is 2.04 bits per heavy atom. The Hall–Kier alpha value is -1.29. The number of piperidine rings is 1. The minimum atomic E-state index is -3.62. The molecular weight excluding hydrogens is 431 g/mol. The number of thiophene rings is 1. The van der Waals surface area contributed by atoms with Crippen molar-refractivity contribution in [1.29, 1.82) is 0 Å². The molecule has 0 bridgehead atoms. The fourth-order valence-corrected chi connectivity index (χ4v) is 6.42. The quantitative estimate of drug-likeness (QED) is 0.778. The Balaban J connectivity index is 1.73. The highest BCUT2D eigenvalue weighted by Crippen LogP contribution is 2.31. The number of hydrogen-bond donors (Lipinski definition) is 1. The average molecular weight is 447 g/mol. The van der Waals surface area contributed by atoms with E-state index in [1.165, 1.54) is 16.4 Å². The number of benzene rings is 1. The summed E-state index contributed by atoms with van der Waals surface area (Å²) >= 11 is 4.40. The van der Waals surface area contributed by atoms with Gasteiger partial charge < -0.3 is 5.32 Å². The normalized spacial score (nSPS) is 18.9. The van der Waals surface area contributed by atoms with E-state index in [1.807, 2.05) is 0 Å². The van der Waals surface area contributed by atoms with Crippen LogP contribution in [0.15, 0.2) is 44.4 Å². The molecule has 25 heavy (non-hydrogen) atoms. The van der Waals surface area contributed by atoms with Gasteiger partial charge in [-0.05, 0) is 53.0 Å². The topological polar surface area (TPSA) is 66.5 Å². The third kappa shape index (κ3) is 4.11. The highest BCUT2D eigenvalue weighted by Gasteiger charge is 2.34. The van der Waals surface area contributed by atoms with Gasteiger partial charge in [0.15, 0.2) is 0 Å². The largest absolute Gasteiger partial charge is 0.323 e. The highest BCUT2D eigenvalue weighted by molar-refractivity contribution is 9.11. The van der Waals surface area contributed by atoms with Crippen molar-refractivity contribution in [3.63, 3.8) is 0 Å². The molecule has 134 valence electrons. The molecule has 1 aromatic heterocycles. The van der Waals surface area contributed by atoms with Crippen molar-refractivity contribution in [2.45, 2.75) is 17.1 Å². The molecule has 0 saturated carbocycles. The molecule has 1 atom stereocenters. The van der Waals surface area contributed by atoms with Gasteiger partial charge in [0.25, 0.3) is 10.0 Å². The van der Waals surface area contributed by atoms with Crippen LogP contribution in [0.1, 0.15) is 12.8 Å². The van der Waals surface area contributed by atoms with E-state index < -0.39 is 21.8 Å². The van der Waals surface area contributed by atoms with Crippen LogP contribution in [0.25, 0.3) is 0 Å². The van der Waals surface area contributed by atoms with E-state index in [4.69, 9.17) is 0 Å². The Morgan fingerprint density at radius 1 is 1.28 bits per heavy atom. The summed E-state index contributed by atoms with van der Waals surface area (Å²) < 4.78 is 41.4. The summed E-state index contributed by atoms with van der Waals surface area (Å²) in [5.74, 6) is -1.39. The number of nitrogens with one attached hydrogen (secondary N) is 1. The fourth-order valence-electron chi connectivity index (χ4n) is 2.74. The monoisotopic (exact) mass is 446 g/mol. The molecule has 1 unspecified atom stereocenters. The number of anilines is 1. The van der Waals surface area contributed by atoms with Crippen molar-refractivity contribution in [2.75, 3.05) is 18.4 Å². The summed E-state index contributed by atoms with van der Waals surface area (Å²) in [6.07, 6.45) is 1.15. The SMILES string of the molecule is O=C(Nc1ccccc1F)C1CCCN(S(=O)(=O)c2ccc(Br)s2)C1. The first-order valence-corrected chi connectivity index (χ1v) is 10.7. The zero-order valence-corrected chi connectivity index (χ0v) is 16.3. The first kappa shape index (κ1) is 18.5. The zero-order chi connectivity index (χ0) is 18.0. The highest BCUT2D eigenvalue weighted by atomic mass is 79.9. The van der Waals surface area contributed by atoms with Gasteiger partial charge in [0.1, 0.15) is 10.0 Å². The second kappa shape index (κ2) is 7.53. The standard InChI is InChI=1S/C16H16BrFN2O3S2/c17-14-7-8-15(24-14)25(22,23)20-9-3-4-11(10-20)16(21)19-13-6-2-1-5-12(13)18/h1-2,5-8,11H,3-4,9-10H2,(H,19,21). The predicted octanol–water partition coefficient (Wildman–Crippen LogP) is 3.69. The van der Waals surface area contributed by atoms with E-state index in [-0.39, 0.29) is 22.3 Å². The maximum atomic E-state index is 13.7. The van der Waals surface area contributed by atoms with E-state index in [0.29, 0.717) is 19.4 Å². The van der Waals surface area contributed by atoms with Crippen LogP contribution in [-0.2, 0) is 14.8 Å². The molecule has 3 rings (SSSR count). The number of halogens is 2. The van der Waals surface area contributed by atoms with Gasteiger partial charge in [-0.1, -0.05) is 12.1 Å². The van der Waals surface area contributed by atoms with E-state index in [9.17, 15) is 17.6 Å². The summed E-state index contributed by atoms with van der Waals surface area (Å²) in [6.45, 7) is 0.472. The number of carbonyl (C=O) groups is 1. The van der Waals surface area contributed by atoms with Crippen LogP contribution >= 0.6 is 27.3 Å². The number of nitrogens with zero attached hydrogens (tertiary/aromatic N) is 1. The summed E-state index contributed by atoms with van der Waals surface area (Å²) in [5, 5.41) is 2.56. The van der Waals surface area contributed by atoms with Gasteiger partial charge in [-0.15, -0.1) is 11.3 Å². The number of para-hydroxylation sites is 1. The lowest BCUT2D eigenvalue weighted by Gasteiger charge is -2.30. The Bertz CT molecular complexity index is 885. The molecule has 9 heteroatoms. The Labute approximate surface area is 158 Å². The average Bonchev–Trinajstić information content (AvgIpc) is 3.04. The third-order valence-corrected chi connectivity index (χ3v) is 7.99.